The number of para-hydroxylation sites is 2. The zero-order valence-electron chi connectivity index (χ0n) is 17.2. The van der Waals surface area contributed by atoms with E-state index in [1.165, 1.54) is 31.0 Å². The first kappa shape index (κ1) is 20.0. The van der Waals surface area contributed by atoms with E-state index in [-0.39, 0.29) is 5.56 Å². The third kappa shape index (κ3) is 4.40. The zero-order chi connectivity index (χ0) is 21.0. The summed E-state index contributed by atoms with van der Waals surface area (Å²) in [5.41, 5.74) is 1.63. The van der Waals surface area contributed by atoms with Crippen LogP contribution in [-0.4, -0.2) is 42.7 Å². The quantitative estimate of drug-likeness (QED) is 0.467. The number of nitrogens with zero attached hydrogens (tertiary/aromatic N) is 5. The molecule has 4 aromatic rings. The second-order valence-electron chi connectivity index (χ2n) is 7.73. The van der Waals surface area contributed by atoms with Crippen molar-refractivity contribution in [2.45, 2.75) is 36.7 Å². The molecule has 5 rings (SSSR count). The number of H-pyrrole nitrogens is 1. The summed E-state index contributed by atoms with van der Waals surface area (Å²) >= 11 is 1.53. The van der Waals surface area contributed by atoms with Crippen LogP contribution >= 0.6 is 11.8 Å². The van der Waals surface area contributed by atoms with Crippen LogP contribution in [0, 0.1) is 0 Å². The largest absolute Gasteiger partial charge is 0.309 e. The molecule has 0 radical (unpaired) electrons. The molecule has 0 amide bonds. The Balaban J connectivity index is 1.43. The normalized spacial score (nSPS) is 14.8. The van der Waals surface area contributed by atoms with Gasteiger partial charge in [-0.3, -0.25) is 14.3 Å². The van der Waals surface area contributed by atoms with E-state index < -0.39 is 0 Å². The molecule has 1 aliphatic rings. The smallest absolute Gasteiger partial charge is 0.258 e. The van der Waals surface area contributed by atoms with Crippen molar-refractivity contribution >= 4 is 22.7 Å². The molecule has 31 heavy (non-hydrogen) atoms. The fraction of sp³-hybridized carbons (Fsp3) is 0.304. The van der Waals surface area contributed by atoms with Crippen LogP contribution in [0.15, 0.2) is 64.5 Å². The summed E-state index contributed by atoms with van der Waals surface area (Å²) in [5, 5.41) is 10.4. The van der Waals surface area contributed by atoms with Crippen molar-refractivity contribution in [3.05, 3.63) is 76.6 Å². The second kappa shape index (κ2) is 9.03. The van der Waals surface area contributed by atoms with Gasteiger partial charge in [0.05, 0.1) is 23.2 Å². The summed E-state index contributed by atoms with van der Waals surface area (Å²) in [6.45, 7) is 2.99. The Morgan fingerprint density at radius 3 is 2.55 bits per heavy atom. The van der Waals surface area contributed by atoms with Gasteiger partial charge in [-0.15, -0.1) is 10.2 Å². The average molecular weight is 433 g/mol. The molecule has 0 unspecified atom stereocenters. The molecule has 3 heterocycles. The van der Waals surface area contributed by atoms with E-state index in [9.17, 15) is 4.79 Å². The maximum absolute atomic E-state index is 12.4. The highest BCUT2D eigenvalue weighted by atomic mass is 32.2. The van der Waals surface area contributed by atoms with Crippen LogP contribution in [0.3, 0.4) is 0 Å². The molecule has 1 N–H and O–H groups in total. The molecule has 7 nitrogen and oxygen atoms in total. The lowest BCUT2D eigenvalue weighted by Crippen LogP contribution is -2.30. The number of hydrogen-bond acceptors (Lipinski definition) is 6. The third-order valence-corrected chi connectivity index (χ3v) is 6.47. The lowest BCUT2D eigenvalue weighted by atomic mass is 10.1. The first-order valence-electron chi connectivity index (χ1n) is 10.6. The average Bonchev–Trinajstić information content (AvgIpc) is 3.21. The van der Waals surface area contributed by atoms with E-state index in [1.54, 1.807) is 6.07 Å². The number of likely N-dealkylation sites (tertiary alicyclic amines) is 1. The second-order valence-corrected chi connectivity index (χ2v) is 8.67. The van der Waals surface area contributed by atoms with Crippen LogP contribution in [0.2, 0.25) is 0 Å². The summed E-state index contributed by atoms with van der Waals surface area (Å²) in [6.07, 6.45) is 3.78. The summed E-state index contributed by atoms with van der Waals surface area (Å²) < 4.78 is 2.12. The Kier molecular flexibility index (Phi) is 5.82. The van der Waals surface area contributed by atoms with Crippen molar-refractivity contribution in [2.24, 2.45) is 0 Å². The van der Waals surface area contributed by atoms with Crippen LogP contribution in [0.4, 0.5) is 0 Å². The summed E-state index contributed by atoms with van der Waals surface area (Å²) in [7, 11) is 0. The van der Waals surface area contributed by atoms with Crippen LogP contribution in [0.25, 0.3) is 16.6 Å². The van der Waals surface area contributed by atoms with E-state index in [0.717, 1.165) is 36.3 Å². The minimum atomic E-state index is -0.114. The van der Waals surface area contributed by atoms with Gasteiger partial charge in [0, 0.05) is 5.69 Å². The molecule has 0 spiro atoms. The zero-order valence-corrected chi connectivity index (χ0v) is 18.0. The highest BCUT2D eigenvalue weighted by Gasteiger charge is 2.19. The van der Waals surface area contributed by atoms with Gasteiger partial charge in [0.1, 0.15) is 5.82 Å². The molecule has 0 bridgehead atoms. The lowest BCUT2D eigenvalue weighted by molar-refractivity contribution is 0.214. The maximum atomic E-state index is 12.4. The van der Waals surface area contributed by atoms with E-state index in [4.69, 9.17) is 0 Å². The fourth-order valence-electron chi connectivity index (χ4n) is 3.99. The van der Waals surface area contributed by atoms with Gasteiger partial charge in [-0.2, -0.15) is 0 Å². The van der Waals surface area contributed by atoms with E-state index in [2.05, 4.69) is 41.8 Å². The van der Waals surface area contributed by atoms with Crippen molar-refractivity contribution < 1.29 is 0 Å². The van der Waals surface area contributed by atoms with Crippen molar-refractivity contribution in [3.63, 3.8) is 0 Å². The van der Waals surface area contributed by atoms with Gasteiger partial charge < -0.3 is 4.98 Å². The number of benzene rings is 2. The molecule has 8 heteroatoms. The monoisotopic (exact) mass is 432 g/mol. The molecule has 1 fully saturated rings. The van der Waals surface area contributed by atoms with Crippen LogP contribution in [0.1, 0.15) is 30.9 Å². The van der Waals surface area contributed by atoms with Crippen LogP contribution in [-0.2, 0) is 12.3 Å². The highest BCUT2D eigenvalue weighted by Crippen LogP contribution is 2.25. The van der Waals surface area contributed by atoms with Gasteiger partial charge in [0.25, 0.3) is 5.56 Å². The molecule has 158 valence electrons. The third-order valence-electron chi connectivity index (χ3n) is 5.53. The standard InChI is InChI=1S/C23H24N6OS/c30-22-18-11-5-6-12-19(18)24-20(25-22)16-31-23-27-26-21(15-28-13-7-2-8-14-28)29(23)17-9-3-1-4-10-17/h1,3-6,9-12H,2,7-8,13-16H2,(H,24,25,30). The molecule has 2 aromatic carbocycles. The molecule has 2 aromatic heterocycles. The number of thioether (sulfide) groups is 1. The van der Waals surface area contributed by atoms with Gasteiger partial charge in [0.15, 0.2) is 11.0 Å². The number of hydrogen-bond donors (Lipinski definition) is 1. The van der Waals surface area contributed by atoms with Gasteiger partial charge in [-0.25, -0.2) is 4.98 Å². The first-order valence-corrected chi connectivity index (χ1v) is 11.6. The van der Waals surface area contributed by atoms with Crippen LogP contribution < -0.4 is 5.56 Å². The molecule has 0 saturated carbocycles. The molecule has 1 saturated heterocycles. The Labute approximate surface area is 184 Å². The van der Waals surface area contributed by atoms with Gasteiger partial charge in [0.2, 0.25) is 0 Å². The SMILES string of the molecule is O=c1[nH]c(CSc2nnc(CN3CCCCC3)n2-c2ccccc2)nc2ccccc12. The summed E-state index contributed by atoms with van der Waals surface area (Å²) in [5.74, 6) is 2.08. The number of fused-ring (bicyclic) bond motifs is 1. The molecule has 1 aliphatic heterocycles. The van der Waals surface area contributed by atoms with Gasteiger partial charge in [-0.1, -0.05) is 48.5 Å². The number of piperidine rings is 1. The Bertz CT molecular complexity index is 1230. The lowest BCUT2D eigenvalue weighted by Gasteiger charge is -2.26. The van der Waals surface area contributed by atoms with E-state index in [1.807, 2.05) is 36.4 Å². The van der Waals surface area contributed by atoms with Crippen molar-refractivity contribution in [3.8, 4) is 5.69 Å². The van der Waals surface area contributed by atoms with Crippen molar-refractivity contribution in [1.82, 2.24) is 29.6 Å². The fourth-order valence-corrected chi connectivity index (χ4v) is 4.83. The predicted octanol–water partition coefficient (Wildman–Crippen LogP) is 3.78. The number of rotatable bonds is 6. The molecular formula is C23H24N6OS. The molecule has 0 aliphatic carbocycles. The molecule has 0 atom stereocenters. The van der Waals surface area contributed by atoms with Gasteiger partial charge in [-0.05, 0) is 50.2 Å². The summed E-state index contributed by atoms with van der Waals surface area (Å²) in [4.78, 5) is 22.3. The Morgan fingerprint density at radius 2 is 1.71 bits per heavy atom. The highest BCUT2D eigenvalue weighted by molar-refractivity contribution is 7.98. The Hall–Kier alpha value is -2.97. The summed E-state index contributed by atoms with van der Waals surface area (Å²) in [6, 6.07) is 17.6. The topological polar surface area (TPSA) is 79.7 Å². The van der Waals surface area contributed by atoms with E-state index in [0.29, 0.717) is 22.5 Å². The van der Waals surface area contributed by atoms with Crippen molar-refractivity contribution in [2.75, 3.05) is 13.1 Å². The van der Waals surface area contributed by atoms with Crippen molar-refractivity contribution in [1.29, 1.82) is 0 Å². The number of aromatic nitrogens is 5. The number of aromatic amines is 1. The first-order chi connectivity index (χ1) is 15.3. The minimum Gasteiger partial charge on any atom is -0.309 e. The predicted molar refractivity (Wildman–Crippen MR) is 122 cm³/mol. The van der Waals surface area contributed by atoms with Crippen LogP contribution in [0.5, 0.6) is 0 Å². The Morgan fingerprint density at radius 1 is 0.935 bits per heavy atom. The van der Waals surface area contributed by atoms with Gasteiger partial charge >= 0.3 is 0 Å². The van der Waals surface area contributed by atoms with E-state index >= 15 is 0 Å². The minimum absolute atomic E-state index is 0.114. The number of nitrogens with one attached hydrogen (secondary N) is 1. The maximum Gasteiger partial charge on any atom is 0.258 e. The molecular weight excluding hydrogens is 408 g/mol.